The third-order valence-corrected chi connectivity index (χ3v) is 7.85. The molecule has 3 aromatic carbocycles. The molecule has 38 heavy (non-hydrogen) atoms. The van der Waals surface area contributed by atoms with E-state index < -0.39 is 21.9 Å². The monoisotopic (exact) mass is 554 g/mol. The number of nitrogens with zero attached hydrogens (tertiary/aromatic N) is 1. The number of benzene rings is 3. The SMILES string of the molecule is COC(=O)c1cc2cc(CC(C)NC[C@H](O)c3cccc(Cl)c3)ccc2n1Cc1ccc(S(C)(=O)=O)cc1. The molecule has 0 aliphatic rings. The van der Waals surface area contributed by atoms with Crippen molar-refractivity contribution in [2.75, 3.05) is 19.9 Å². The first-order chi connectivity index (χ1) is 18.0. The first kappa shape index (κ1) is 27.9. The lowest BCUT2D eigenvalue weighted by Gasteiger charge is -2.18. The fourth-order valence-electron chi connectivity index (χ4n) is 4.49. The molecule has 1 heterocycles. The Bertz CT molecular complexity index is 1550. The Morgan fingerprint density at radius 1 is 1.05 bits per heavy atom. The summed E-state index contributed by atoms with van der Waals surface area (Å²) in [6.45, 7) is 2.83. The number of aliphatic hydroxyl groups is 1. The van der Waals surface area contributed by atoms with Gasteiger partial charge in [-0.05, 0) is 72.5 Å². The number of aliphatic hydroxyl groups excluding tert-OH is 1. The Hall–Kier alpha value is -3.17. The number of esters is 1. The van der Waals surface area contributed by atoms with Crippen LogP contribution in [-0.4, -0.2) is 50.0 Å². The van der Waals surface area contributed by atoms with Crippen LogP contribution in [0.4, 0.5) is 0 Å². The Morgan fingerprint density at radius 3 is 2.42 bits per heavy atom. The second-order valence-corrected chi connectivity index (χ2v) is 12.0. The van der Waals surface area contributed by atoms with Gasteiger partial charge in [0.2, 0.25) is 0 Å². The van der Waals surface area contributed by atoms with Crippen molar-refractivity contribution in [3.8, 4) is 0 Å². The Kier molecular flexibility index (Phi) is 8.57. The number of methoxy groups -OCH3 is 1. The molecule has 0 saturated heterocycles. The number of nitrogens with one attached hydrogen (secondary N) is 1. The van der Waals surface area contributed by atoms with Crippen molar-refractivity contribution in [3.05, 3.63) is 100 Å². The minimum Gasteiger partial charge on any atom is -0.464 e. The molecule has 0 fully saturated rings. The zero-order valence-electron chi connectivity index (χ0n) is 21.5. The first-order valence-electron chi connectivity index (χ1n) is 12.2. The zero-order chi connectivity index (χ0) is 27.4. The van der Waals surface area contributed by atoms with Crippen LogP contribution in [0, 0.1) is 0 Å². The maximum Gasteiger partial charge on any atom is 0.354 e. The molecule has 9 heteroatoms. The lowest BCUT2D eigenvalue weighted by Crippen LogP contribution is -2.32. The van der Waals surface area contributed by atoms with Gasteiger partial charge in [-0.15, -0.1) is 0 Å². The number of sulfone groups is 1. The molecule has 7 nitrogen and oxygen atoms in total. The molecule has 0 spiro atoms. The highest BCUT2D eigenvalue weighted by Gasteiger charge is 2.18. The van der Waals surface area contributed by atoms with Crippen molar-refractivity contribution >= 4 is 38.3 Å². The topological polar surface area (TPSA) is 97.6 Å². The van der Waals surface area contributed by atoms with Gasteiger partial charge in [0, 0.05) is 41.3 Å². The van der Waals surface area contributed by atoms with E-state index in [9.17, 15) is 18.3 Å². The van der Waals surface area contributed by atoms with Gasteiger partial charge in [-0.3, -0.25) is 0 Å². The van der Waals surface area contributed by atoms with E-state index in [1.54, 1.807) is 36.4 Å². The van der Waals surface area contributed by atoms with Crippen molar-refractivity contribution in [3.63, 3.8) is 0 Å². The molecule has 4 rings (SSSR count). The Labute approximate surface area is 227 Å². The minimum atomic E-state index is -3.29. The molecule has 0 aliphatic heterocycles. The first-order valence-corrected chi connectivity index (χ1v) is 14.5. The van der Waals surface area contributed by atoms with Crippen LogP contribution in [0.2, 0.25) is 5.02 Å². The number of rotatable bonds is 10. The fourth-order valence-corrected chi connectivity index (χ4v) is 5.32. The van der Waals surface area contributed by atoms with Crippen LogP contribution in [0.3, 0.4) is 0 Å². The number of halogens is 1. The van der Waals surface area contributed by atoms with Crippen molar-refractivity contribution < 1.29 is 23.1 Å². The molecular formula is C29H31ClN2O5S. The highest BCUT2D eigenvalue weighted by atomic mass is 35.5. The van der Waals surface area contributed by atoms with Gasteiger partial charge in [-0.1, -0.05) is 41.9 Å². The van der Waals surface area contributed by atoms with E-state index in [1.807, 2.05) is 34.9 Å². The van der Waals surface area contributed by atoms with Gasteiger partial charge in [0.1, 0.15) is 5.69 Å². The molecular weight excluding hydrogens is 524 g/mol. The number of hydrogen-bond acceptors (Lipinski definition) is 6. The predicted octanol–water partition coefficient (Wildman–Crippen LogP) is 4.79. The summed E-state index contributed by atoms with van der Waals surface area (Å²) >= 11 is 6.03. The molecule has 1 unspecified atom stereocenters. The summed E-state index contributed by atoms with van der Waals surface area (Å²) in [5.41, 5.74) is 4.00. The summed E-state index contributed by atoms with van der Waals surface area (Å²) in [6.07, 6.45) is 1.23. The van der Waals surface area contributed by atoms with Crippen LogP contribution in [0.1, 0.15) is 40.2 Å². The summed E-state index contributed by atoms with van der Waals surface area (Å²) in [6, 6.07) is 21.8. The molecule has 4 aromatic rings. The second-order valence-electron chi connectivity index (χ2n) is 9.50. The van der Waals surface area contributed by atoms with E-state index in [4.69, 9.17) is 16.3 Å². The quantitative estimate of drug-likeness (QED) is 0.274. The average molecular weight is 555 g/mol. The molecule has 1 aromatic heterocycles. The lowest BCUT2D eigenvalue weighted by atomic mass is 10.0. The molecule has 2 N–H and O–H groups in total. The number of hydrogen-bond donors (Lipinski definition) is 2. The van der Waals surface area contributed by atoms with Crippen LogP contribution in [-0.2, 0) is 27.5 Å². The fraction of sp³-hybridized carbons (Fsp3) is 0.276. The standard InChI is InChI=1S/C29H31ClN2O5S/c1-19(31-17-28(33)22-5-4-6-24(30)15-22)13-21-9-12-26-23(14-21)16-27(29(34)37-2)32(26)18-20-7-10-25(11-8-20)38(3,35)36/h4-12,14-16,19,28,31,33H,13,17-18H2,1-3H3/t19?,28-/m0/s1. The molecule has 0 amide bonds. The van der Waals surface area contributed by atoms with Gasteiger partial charge in [0.05, 0.1) is 18.1 Å². The third kappa shape index (κ3) is 6.63. The summed E-state index contributed by atoms with van der Waals surface area (Å²) in [7, 11) is -1.94. The Balaban J connectivity index is 1.51. The van der Waals surface area contributed by atoms with Crippen LogP contribution in [0.5, 0.6) is 0 Å². The summed E-state index contributed by atoms with van der Waals surface area (Å²) in [4.78, 5) is 12.8. The number of fused-ring (bicyclic) bond motifs is 1. The van der Waals surface area contributed by atoms with Crippen molar-refractivity contribution in [1.29, 1.82) is 0 Å². The maximum absolute atomic E-state index is 12.6. The number of ether oxygens (including phenoxy) is 1. The molecule has 0 aliphatic carbocycles. The molecule has 0 saturated carbocycles. The van der Waals surface area contributed by atoms with E-state index in [-0.39, 0.29) is 10.9 Å². The normalized spacial score (nSPS) is 13.4. The molecule has 2 atom stereocenters. The van der Waals surface area contributed by atoms with Crippen LogP contribution in [0.15, 0.2) is 77.7 Å². The van der Waals surface area contributed by atoms with Gasteiger partial charge in [-0.25, -0.2) is 13.2 Å². The van der Waals surface area contributed by atoms with Crippen LogP contribution in [0.25, 0.3) is 10.9 Å². The Morgan fingerprint density at radius 2 is 1.76 bits per heavy atom. The number of carbonyl (C=O) groups is 1. The summed E-state index contributed by atoms with van der Waals surface area (Å²) in [5, 5.41) is 15.4. The zero-order valence-corrected chi connectivity index (χ0v) is 23.1. The minimum absolute atomic E-state index is 0.0943. The smallest absolute Gasteiger partial charge is 0.354 e. The van der Waals surface area contributed by atoms with Crippen molar-refractivity contribution in [1.82, 2.24) is 9.88 Å². The van der Waals surface area contributed by atoms with Gasteiger partial charge in [0.25, 0.3) is 0 Å². The van der Waals surface area contributed by atoms with Gasteiger partial charge in [-0.2, -0.15) is 0 Å². The molecule has 0 radical (unpaired) electrons. The maximum atomic E-state index is 12.6. The summed E-state index contributed by atoms with van der Waals surface area (Å²) < 4.78 is 30.5. The average Bonchev–Trinajstić information content (AvgIpc) is 3.24. The highest BCUT2D eigenvalue weighted by Crippen LogP contribution is 2.25. The number of carbonyl (C=O) groups excluding carboxylic acids is 1. The largest absolute Gasteiger partial charge is 0.464 e. The van der Waals surface area contributed by atoms with E-state index in [0.29, 0.717) is 23.8 Å². The predicted molar refractivity (Wildman–Crippen MR) is 150 cm³/mol. The molecule has 200 valence electrons. The van der Waals surface area contributed by atoms with Crippen LogP contribution < -0.4 is 5.32 Å². The van der Waals surface area contributed by atoms with E-state index >= 15 is 0 Å². The molecule has 0 bridgehead atoms. The number of aromatic nitrogens is 1. The van der Waals surface area contributed by atoms with Gasteiger partial charge < -0.3 is 19.7 Å². The third-order valence-electron chi connectivity index (χ3n) is 6.49. The second kappa shape index (κ2) is 11.7. The lowest BCUT2D eigenvalue weighted by molar-refractivity contribution is 0.0589. The van der Waals surface area contributed by atoms with Gasteiger partial charge >= 0.3 is 5.97 Å². The van der Waals surface area contributed by atoms with E-state index in [2.05, 4.69) is 18.3 Å². The van der Waals surface area contributed by atoms with Crippen molar-refractivity contribution in [2.45, 2.75) is 36.9 Å². The van der Waals surface area contributed by atoms with E-state index in [1.165, 1.54) is 13.4 Å². The van der Waals surface area contributed by atoms with Crippen molar-refractivity contribution in [2.24, 2.45) is 0 Å². The van der Waals surface area contributed by atoms with Gasteiger partial charge in [0.15, 0.2) is 9.84 Å². The summed E-state index contributed by atoms with van der Waals surface area (Å²) in [5.74, 6) is -0.444. The van der Waals surface area contributed by atoms with E-state index in [0.717, 1.165) is 34.0 Å². The van der Waals surface area contributed by atoms with Crippen LogP contribution >= 0.6 is 11.6 Å². The highest BCUT2D eigenvalue weighted by molar-refractivity contribution is 7.90.